The van der Waals surface area contributed by atoms with Crippen LogP contribution in [0.3, 0.4) is 0 Å². The van der Waals surface area contributed by atoms with E-state index >= 15 is 0 Å². The van der Waals surface area contributed by atoms with Crippen LogP contribution < -0.4 is 5.43 Å². The van der Waals surface area contributed by atoms with Crippen LogP contribution in [-0.4, -0.2) is 16.1 Å². The molecule has 2 atom stereocenters. The van der Waals surface area contributed by atoms with Gasteiger partial charge in [-0.2, -0.15) is 5.10 Å². The average Bonchev–Trinajstić information content (AvgIpc) is 2.54. The molecule has 0 unspecified atom stereocenters. The van der Waals surface area contributed by atoms with E-state index in [1.165, 1.54) is 12.1 Å². The van der Waals surface area contributed by atoms with E-state index in [1.54, 1.807) is 6.21 Å². The Bertz CT molecular complexity index is 769. The molecule has 0 amide bonds. The molecule has 0 spiro atoms. The van der Waals surface area contributed by atoms with Gasteiger partial charge in [-0.05, 0) is 41.7 Å². The van der Waals surface area contributed by atoms with E-state index in [-0.39, 0.29) is 22.5 Å². The summed E-state index contributed by atoms with van der Waals surface area (Å²) in [4.78, 5) is 20.5. The van der Waals surface area contributed by atoms with Gasteiger partial charge in [-0.3, -0.25) is 25.7 Å². The molecule has 1 N–H and O–H groups in total. The molecule has 1 saturated carbocycles. The fraction of sp³-hybridized carbons (Fsp3) is 0.438. The first-order valence-corrected chi connectivity index (χ1v) is 7.72. The lowest BCUT2D eigenvalue weighted by Crippen LogP contribution is -2.48. The average molecular weight is 330 g/mol. The minimum absolute atomic E-state index is 0.129. The van der Waals surface area contributed by atoms with E-state index < -0.39 is 9.85 Å². The van der Waals surface area contributed by atoms with E-state index in [0.717, 1.165) is 30.4 Å². The summed E-state index contributed by atoms with van der Waals surface area (Å²) in [7, 11) is 0. The molecule has 0 heterocycles. The molecule has 1 fully saturated rings. The zero-order valence-corrected chi connectivity index (χ0v) is 13.4. The summed E-state index contributed by atoms with van der Waals surface area (Å²) in [5, 5.41) is 25.9. The lowest BCUT2D eigenvalue weighted by molar-refractivity contribution is -0.393. The van der Waals surface area contributed by atoms with Gasteiger partial charge in [-0.1, -0.05) is 19.9 Å². The maximum Gasteiger partial charge on any atom is 0.301 e. The van der Waals surface area contributed by atoms with Gasteiger partial charge in [0.05, 0.1) is 22.1 Å². The second-order valence-corrected chi connectivity index (χ2v) is 6.83. The maximum atomic E-state index is 11.1. The van der Waals surface area contributed by atoms with Crippen LogP contribution in [0.15, 0.2) is 34.9 Å². The highest BCUT2D eigenvalue weighted by Gasteiger charge is 2.50. The first kappa shape index (κ1) is 16.1. The number of nitro benzene ring substituents is 2. The van der Waals surface area contributed by atoms with Crippen LogP contribution in [0.1, 0.15) is 26.7 Å². The van der Waals surface area contributed by atoms with Gasteiger partial charge < -0.3 is 0 Å². The van der Waals surface area contributed by atoms with Crippen molar-refractivity contribution in [3.05, 3.63) is 50.1 Å². The van der Waals surface area contributed by atoms with Crippen molar-refractivity contribution in [1.82, 2.24) is 0 Å². The molecular formula is C16H18N4O4. The maximum absolute atomic E-state index is 11.1. The van der Waals surface area contributed by atoms with Crippen molar-refractivity contribution in [3.63, 3.8) is 0 Å². The van der Waals surface area contributed by atoms with Crippen molar-refractivity contribution in [2.75, 3.05) is 5.43 Å². The number of hydrogen-bond donors (Lipinski definition) is 1. The minimum Gasteiger partial charge on any atom is -0.272 e. The van der Waals surface area contributed by atoms with E-state index in [0.29, 0.717) is 5.92 Å². The van der Waals surface area contributed by atoms with E-state index in [4.69, 9.17) is 0 Å². The summed E-state index contributed by atoms with van der Waals surface area (Å²) < 4.78 is 0. The Morgan fingerprint density at radius 1 is 1.29 bits per heavy atom. The second kappa shape index (κ2) is 5.70. The number of fused-ring (bicyclic) bond motifs is 1. The topological polar surface area (TPSA) is 111 Å². The van der Waals surface area contributed by atoms with E-state index in [9.17, 15) is 20.2 Å². The molecule has 2 bridgehead atoms. The summed E-state index contributed by atoms with van der Waals surface area (Å²) in [6, 6.07) is 3.44. The molecule has 0 aliphatic heterocycles. The molecule has 0 radical (unpaired) electrons. The van der Waals surface area contributed by atoms with Crippen LogP contribution in [0.25, 0.3) is 0 Å². The number of hydrogen-bond acceptors (Lipinski definition) is 6. The third-order valence-electron chi connectivity index (χ3n) is 5.30. The third kappa shape index (κ3) is 2.64. The van der Waals surface area contributed by atoms with Crippen molar-refractivity contribution in [1.29, 1.82) is 0 Å². The fourth-order valence-electron chi connectivity index (χ4n) is 3.60. The van der Waals surface area contributed by atoms with Gasteiger partial charge in [-0.25, -0.2) is 0 Å². The quantitative estimate of drug-likeness (QED) is 0.500. The summed E-state index contributed by atoms with van der Waals surface area (Å²) in [5.74, 6) is 1.19. The number of hydrazone groups is 1. The molecule has 3 aliphatic carbocycles. The standard InChI is InChI=1S/C16H18N4O4/c1-16(2)11-4-3-10(13(16)7-11)9-17-18-14-6-5-12(19(21)22)8-15(14)20(23)24/h3,5-6,8-9,11,13,18H,4,7H2,1-2H3/b17-9+/t11-,13-/m0/s1. The van der Waals surface area contributed by atoms with Crippen LogP contribution in [0.2, 0.25) is 0 Å². The number of nitro groups is 2. The predicted octanol–water partition coefficient (Wildman–Crippen LogP) is 3.89. The second-order valence-electron chi connectivity index (χ2n) is 6.83. The van der Waals surface area contributed by atoms with E-state index in [1.807, 2.05) is 0 Å². The summed E-state index contributed by atoms with van der Waals surface area (Å²) >= 11 is 0. The van der Waals surface area contributed by atoms with Gasteiger partial charge in [-0.15, -0.1) is 0 Å². The van der Waals surface area contributed by atoms with Gasteiger partial charge in [0.25, 0.3) is 5.69 Å². The van der Waals surface area contributed by atoms with Gasteiger partial charge in [0.15, 0.2) is 0 Å². The zero-order chi connectivity index (χ0) is 17.5. The number of anilines is 1. The first-order valence-electron chi connectivity index (χ1n) is 7.72. The van der Waals surface area contributed by atoms with Crippen molar-refractivity contribution >= 4 is 23.3 Å². The molecule has 1 aromatic rings. The van der Waals surface area contributed by atoms with Crippen LogP contribution in [0.5, 0.6) is 0 Å². The molecule has 1 aromatic carbocycles. The summed E-state index contributed by atoms with van der Waals surface area (Å²) in [6.07, 6.45) is 6.05. The number of non-ortho nitro benzene ring substituents is 1. The number of nitrogens with one attached hydrogen (secondary N) is 1. The number of rotatable bonds is 5. The summed E-state index contributed by atoms with van der Waals surface area (Å²) in [5.41, 5.74) is 3.48. The molecule has 24 heavy (non-hydrogen) atoms. The molecule has 3 aliphatic rings. The first-order chi connectivity index (χ1) is 11.3. The largest absolute Gasteiger partial charge is 0.301 e. The van der Waals surface area contributed by atoms with Crippen LogP contribution in [0.4, 0.5) is 17.1 Å². The van der Waals surface area contributed by atoms with Gasteiger partial charge >= 0.3 is 5.69 Å². The molecule has 4 rings (SSSR count). The lowest BCUT2D eigenvalue weighted by Gasteiger charge is -2.55. The Morgan fingerprint density at radius 3 is 2.62 bits per heavy atom. The van der Waals surface area contributed by atoms with Crippen LogP contribution in [0, 0.1) is 37.5 Å². The smallest absolute Gasteiger partial charge is 0.272 e. The molecule has 0 aromatic heterocycles. The van der Waals surface area contributed by atoms with Crippen molar-refractivity contribution in [2.24, 2.45) is 22.4 Å². The van der Waals surface area contributed by atoms with Gasteiger partial charge in [0.2, 0.25) is 0 Å². The third-order valence-corrected chi connectivity index (χ3v) is 5.30. The Labute approximate surface area is 138 Å². The Morgan fingerprint density at radius 2 is 2.04 bits per heavy atom. The number of nitrogens with zero attached hydrogens (tertiary/aromatic N) is 3. The number of benzene rings is 1. The molecule has 8 nitrogen and oxygen atoms in total. The monoisotopic (exact) mass is 330 g/mol. The molecule has 126 valence electrons. The predicted molar refractivity (Wildman–Crippen MR) is 89.9 cm³/mol. The van der Waals surface area contributed by atoms with Gasteiger partial charge in [0.1, 0.15) is 5.69 Å². The zero-order valence-electron chi connectivity index (χ0n) is 13.4. The van der Waals surface area contributed by atoms with Crippen LogP contribution >= 0.6 is 0 Å². The minimum atomic E-state index is -0.665. The Balaban J connectivity index is 1.76. The molecular weight excluding hydrogens is 312 g/mol. The van der Waals surface area contributed by atoms with Crippen molar-refractivity contribution < 1.29 is 9.85 Å². The lowest BCUT2D eigenvalue weighted by atomic mass is 9.49. The Kier molecular flexibility index (Phi) is 3.82. The SMILES string of the molecule is CC1(C)[C@H]2CC=C(/C=N/Nc3ccc([N+](=O)[O-])cc3[N+](=O)[O-])[C@@H]1C2. The van der Waals surface area contributed by atoms with Gasteiger partial charge in [0, 0.05) is 6.07 Å². The van der Waals surface area contributed by atoms with Crippen molar-refractivity contribution in [2.45, 2.75) is 26.7 Å². The summed E-state index contributed by atoms with van der Waals surface area (Å²) in [6.45, 7) is 4.50. The normalized spacial score (nSPS) is 24.2. The Hall–Kier alpha value is -2.77. The van der Waals surface area contributed by atoms with E-state index in [2.05, 4.69) is 30.5 Å². The number of allylic oxidation sites excluding steroid dienone is 2. The molecule has 8 heteroatoms. The highest BCUT2D eigenvalue weighted by Crippen LogP contribution is 2.58. The van der Waals surface area contributed by atoms with Crippen molar-refractivity contribution in [3.8, 4) is 0 Å². The highest BCUT2D eigenvalue weighted by atomic mass is 16.6. The molecule has 0 saturated heterocycles. The van der Waals surface area contributed by atoms with Crippen LogP contribution in [-0.2, 0) is 0 Å². The highest BCUT2D eigenvalue weighted by molar-refractivity contribution is 5.81. The fourth-order valence-corrected chi connectivity index (χ4v) is 3.60.